The zero-order chi connectivity index (χ0) is 60.1. The van der Waals surface area contributed by atoms with Gasteiger partial charge in [-0.3, -0.25) is 19.2 Å². The number of nitrogens with zero attached hydrogens (tertiary/aromatic N) is 4. The predicted octanol–water partition coefficient (Wildman–Crippen LogP) is 7.70. The van der Waals surface area contributed by atoms with Crippen molar-refractivity contribution in [2.45, 2.75) is 89.2 Å². The van der Waals surface area contributed by atoms with Crippen LogP contribution in [-0.4, -0.2) is 135 Å². The van der Waals surface area contributed by atoms with Crippen LogP contribution < -0.4 is 22.1 Å². The molecule has 0 radical (unpaired) electrons. The molecule has 0 unspecified atom stereocenters. The third kappa shape index (κ3) is 15.5. The Morgan fingerprint density at radius 3 is 2.17 bits per heavy atom. The Bertz CT molecular complexity index is 3350. The summed E-state index contributed by atoms with van der Waals surface area (Å²) in [7, 11) is -2.10. The number of sulfonamides is 1. The normalized spacial score (nSPS) is 14.7. The lowest BCUT2D eigenvalue weighted by atomic mass is 9.90. The number of nitrogens with one attached hydrogen (secondary N) is 2. The quantitative estimate of drug-likeness (QED) is 0.0250. The molecular weight excluding hydrogens is 1090 g/mol. The number of benzene rings is 5. The number of primary amides is 1. The van der Waals surface area contributed by atoms with Crippen molar-refractivity contribution >= 4 is 63.3 Å². The number of rotatable bonds is 27. The van der Waals surface area contributed by atoms with E-state index in [9.17, 15) is 42.3 Å². The second kappa shape index (κ2) is 28.4. The molecule has 3 aliphatic rings. The van der Waals surface area contributed by atoms with Crippen LogP contribution in [-0.2, 0) is 51.7 Å². The highest BCUT2D eigenvalue weighted by Gasteiger charge is 2.37. The standard InChI is InChI=1S/C64H76N8O11S/c1-5-27-71(62(77)48-31-47-25-24-46(33-57(47)68-59(65)34-48)45-13-10-14-49(32-45)84(80,81)72-36-44(37-72)38-73)29-12-28-70(4)64(79)83-39-43-22-20-42(21-23-43)30-58(74)56(19-11-26-67-63(66)78)69-61(76)54(41(2)3)35-60(75)82-40-55-52-17-8-6-15-50(52)51-16-7-9-18-53(51)55/h6-10,13-18,20-25,31-33,41,44,54-56,73H,5,11-12,19,26-30,34-40H2,1-4H3,(H2,65,68)(H,69,76)(H3,66,67,78)/t54-,56-/m0/s1. The SMILES string of the molecule is CCCN(CCCN(C)C(=O)OCc1ccc(CC(=O)[C@H](CCCNC(N)=O)NC(=O)[C@@H](CC(=O)OCC2c3ccccc3-c3ccccc32)C(C)C)cc1)C(=O)C1=Cc2ccc(-c3cccc(S(=O)(=O)N4CC(CO)C4)c3)cc2N=C(N)C1. The third-order valence-electron chi connectivity index (χ3n) is 15.6. The molecule has 444 valence electrons. The largest absolute Gasteiger partial charge is 0.465 e. The van der Waals surface area contributed by atoms with Gasteiger partial charge in [0.05, 0.1) is 29.0 Å². The van der Waals surface area contributed by atoms with E-state index in [2.05, 4.69) is 27.8 Å². The van der Waals surface area contributed by atoms with Gasteiger partial charge in [-0.25, -0.2) is 23.0 Å². The lowest BCUT2D eigenvalue weighted by Gasteiger charge is -2.36. The van der Waals surface area contributed by atoms with E-state index >= 15 is 0 Å². The highest BCUT2D eigenvalue weighted by Crippen LogP contribution is 2.45. The summed E-state index contributed by atoms with van der Waals surface area (Å²) in [6, 6.07) is 33.7. The molecule has 0 bridgehead atoms. The number of amides is 5. The van der Waals surface area contributed by atoms with Crippen molar-refractivity contribution in [1.82, 2.24) is 24.7 Å². The van der Waals surface area contributed by atoms with Crippen LogP contribution in [0.25, 0.3) is 28.3 Å². The molecule has 1 saturated heterocycles. The van der Waals surface area contributed by atoms with Crippen LogP contribution in [0, 0.1) is 17.8 Å². The molecule has 1 fully saturated rings. The number of nitrogens with two attached hydrogens (primary N) is 2. The Hall–Kier alpha value is -8.20. The number of aliphatic imine (C=N–C) groups is 1. The van der Waals surface area contributed by atoms with Crippen molar-refractivity contribution in [2.75, 3.05) is 59.5 Å². The van der Waals surface area contributed by atoms with E-state index in [1.54, 1.807) is 60.5 Å². The number of esters is 1. The minimum atomic E-state index is -3.73. The van der Waals surface area contributed by atoms with Crippen molar-refractivity contribution in [1.29, 1.82) is 0 Å². The maximum Gasteiger partial charge on any atom is 0.409 e. The summed E-state index contributed by atoms with van der Waals surface area (Å²) in [5, 5.41) is 14.8. The third-order valence-corrected chi connectivity index (χ3v) is 17.4. The molecule has 7 N–H and O–H groups in total. The topological polar surface area (TPSA) is 273 Å². The molecule has 0 saturated carbocycles. The number of hydrogen-bond donors (Lipinski definition) is 5. The molecule has 8 rings (SSSR count). The number of urea groups is 1. The van der Waals surface area contributed by atoms with Crippen LogP contribution in [0.1, 0.15) is 93.0 Å². The first kappa shape index (κ1) is 61.9. The number of carbonyl (C=O) groups excluding carboxylic acids is 6. The van der Waals surface area contributed by atoms with Crippen molar-refractivity contribution in [3.8, 4) is 22.3 Å². The highest BCUT2D eigenvalue weighted by molar-refractivity contribution is 7.89. The first-order chi connectivity index (χ1) is 40.3. The fourth-order valence-electron chi connectivity index (χ4n) is 10.8. The van der Waals surface area contributed by atoms with Crippen molar-refractivity contribution < 1.29 is 51.8 Å². The number of Topliss-reactive ketones (excluding diaryl/α,β-unsaturated/α-hetero) is 1. The lowest BCUT2D eigenvalue weighted by molar-refractivity contribution is -0.148. The van der Waals surface area contributed by atoms with Gasteiger partial charge in [-0.1, -0.05) is 118 Å². The number of ketones is 1. The summed E-state index contributed by atoms with van der Waals surface area (Å²) >= 11 is 0. The number of carbonyl (C=O) groups is 6. The van der Waals surface area contributed by atoms with Gasteiger partial charge in [0.15, 0.2) is 5.78 Å². The van der Waals surface area contributed by atoms with Crippen LogP contribution in [0.4, 0.5) is 15.3 Å². The van der Waals surface area contributed by atoms with E-state index in [1.807, 2.05) is 81.4 Å². The Morgan fingerprint density at radius 2 is 1.50 bits per heavy atom. The van der Waals surface area contributed by atoms with Gasteiger partial charge in [0.1, 0.15) is 19.0 Å². The summed E-state index contributed by atoms with van der Waals surface area (Å²) in [5.74, 6) is -2.43. The summed E-state index contributed by atoms with van der Waals surface area (Å²) in [4.78, 5) is 88.0. The molecule has 84 heavy (non-hydrogen) atoms. The molecule has 0 spiro atoms. The average molecular weight is 1170 g/mol. The molecule has 5 amide bonds. The molecule has 5 aromatic carbocycles. The first-order valence-electron chi connectivity index (χ1n) is 28.7. The van der Waals surface area contributed by atoms with Gasteiger partial charge in [0.25, 0.3) is 0 Å². The number of ether oxygens (including phenoxy) is 2. The Labute approximate surface area is 491 Å². The average Bonchev–Trinajstić information content (AvgIpc) is 2.98. The molecule has 20 heteroatoms. The smallest absolute Gasteiger partial charge is 0.409 e. The predicted molar refractivity (Wildman–Crippen MR) is 321 cm³/mol. The van der Waals surface area contributed by atoms with Gasteiger partial charge >= 0.3 is 18.1 Å². The van der Waals surface area contributed by atoms with E-state index in [-0.39, 0.29) is 105 Å². The fourth-order valence-corrected chi connectivity index (χ4v) is 12.5. The summed E-state index contributed by atoms with van der Waals surface area (Å²) in [6.07, 6.45) is 2.86. The van der Waals surface area contributed by atoms with E-state index in [4.69, 9.17) is 20.9 Å². The molecule has 1 aliphatic carbocycles. The maximum atomic E-state index is 14.1. The van der Waals surface area contributed by atoms with Gasteiger partial charge in [-0.15, -0.1) is 0 Å². The van der Waals surface area contributed by atoms with Crippen molar-refractivity contribution in [2.24, 2.45) is 34.2 Å². The maximum absolute atomic E-state index is 14.1. The lowest BCUT2D eigenvalue weighted by Crippen LogP contribution is -2.51. The zero-order valence-electron chi connectivity index (χ0n) is 48.1. The van der Waals surface area contributed by atoms with Crippen LogP contribution in [0.15, 0.2) is 131 Å². The summed E-state index contributed by atoms with van der Waals surface area (Å²) in [6.45, 7) is 7.55. The number of hydrogen-bond acceptors (Lipinski definition) is 13. The zero-order valence-corrected chi connectivity index (χ0v) is 48.9. The number of aliphatic hydroxyl groups excluding tert-OH is 1. The molecule has 5 aromatic rings. The minimum Gasteiger partial charge on any atom is -0.465 e. The second-order valence-electron chi connectivity index (χ2n) is 22.2. The summed E-state index contributed by atoms with van der Waals surface area (Å²) in [5.41, 5.74) is 20.5. The van der Waals surface area contributed by atoms with E-state index in [0.29, 0.717) is 72.4 Å². The van der Waals surface area contributed by atoms with E-state index in [0.717, 1.165) is 27.8 Å². The number of amidine groups is 1. The van der Waals surface area contributed by atoms with Crippen molar-refractivity contribution in [3.63, 3.8) is 0 Å². The fraction of sp³-hybridized carbons (Fsp3) is 0.391. The monoisotopic (exact) mass is 1160 g/mol. The van der Waals surface area contributed by atoms with E-state index < -0.39 is 46.0 Å². The minimum absolute atomic E-state index is 0.0274. The van der Waals surface area contributed by atoms with Crippen LogP contribution in [0.5, 0.6) is 0 Å². The number of aliphatic hydroxyl groups is 1. The second-order valence-corrected chi connectivity index (χ2v) is 24.1. The van der Waals surface area contributed by atoms with Crippen LogP contribution in [0.3, 0.4) is 0 Å². The number of fused-ring (bicyclic) bond motifs is 4. The van der Waals surface area contributed by atoms with Gasteiger partial charge in [-0.05, 0) is 100 Å². The molecule has 2 atom stereocenters. The van der Waals surface area contributed by atoms with Crippen molar-refractivity contribution in [3.05, 3.63) is 149 Å². The molecule has 19 nitrogen and oxygen atoms in total. The molecule has 2 aliphatic heterocycles. The molecular formula is C64H76N8O11S. The summed E-state index contributed by atoms with van der Waals surface area (Å²) < 4.78 is 39.4. The van der Waals surface area contributed by atoms with Crippen LogP contribution >= 0.6 is 0 Å². The van der Waals surface area contributed by atoms with Gasteiger partial charge < -0.3 is 46.5 Å². The Kier molecular flexibility index (Phi) is 20.9. The van der Waals surface area contributed by atoms with Gasteiger partial charge in [-0.2, -0.15) is 4.31 Å². The van der Waals surface area contributed by atoms with Crippen LogP contribution in [0.2, 0.25) is 0 Å². The Balaban J connectivity index is 0.809. The van der Waals surface area contributed by atoms with Gasteiger partial charge in [0, 0.05) is 88.7 Å². The Morgan fingerprint density at radius 1 is 0.821 bits per heavy atom. The van der Waals surface area contributed by atoms with E-state index in [1.165, 1.54) is 9.21 Å². The first-order valence-corrected chi connectivity index (χ1v) is 30.1. The molecule has 2 heterocycles. The van der Waals surface area contributed by atoms with Gasteiger partial charge in [0.2, 0.25) is 21.8 Å². The highest BCUT2D eigenvalue weighted by atomic mass is 32.2. The molecule has 0 aromatic heterocycles.